The van der Waals surface area contributed by atoms with Gasteiger partial charge in [-0.3, -0.25) is 18.6 Å². The molecule has 0 spiro atoms. The van der Waals surface area contributed by atoms with Crippen LogP contribution in [0.15, 0.2) is 72.9 Å². The zero-order chi connectivity index (χ0) is 37.5. The van der Waals surface area contributed by atoms with Crippen LogP contribution in [0.2, 0.25) is 0 Å². The van der Waals surface area contributed by atoms with Crippen LogP contribution >= 0.6 is 7.82 Å². The fraction of sp³-hybridized carbons (Fsp3) is 0.659. The Morgan fingerprint density at radius 3 is 1.67 bits per heavy atom. The van der Waals surface area contributed by atoms with Gasteiger partial charge in [0, 0.05) is 19.4 Å². The number of carbonyl (C=O) groups is 2. The molecule has 1 unspecified atom stereocenters. The second-order valence-electron chi connectivity index (χ2n) is 12.4. The molecule has 0 bridgehead atoms. The smallest absolute Gasteiger partial charge is 0.462 e. The molecule has 0 heterocycles. The Labute approximate surface area is 310 Å². The standard InChI is InChI=1S/C41H70NO8P/c1-3-5-7-9-11-13-15-16-17-18-19-20-21-22-24-25-27-29-31-33-40(43)47-37-39(38-49-51(45,46)48-36-35-42)50-41(44)34-32-30-28-26-23-14-12-10-8-6-4-2/h10-13,16-17,19-20,22,24,27,29,39H,3-9,14-15,18,21,23,25-26,28,30-38,42H2,1-2H3,(H,45,46)/t39-/m1/s1. The van der Waals surface area contributed by atoms with Crippen LogP contribution in [0.4, 0.5) is 0 Å². The van der Waals surface area contributed by atoms with E-state index in [9.17, 15) is 19.0 Å². The number of phosphoric ester groups is 1. The van der Waals surface area contributed by atoms with Gasteiger partial charge in [0.25, 0.3) is 0 Å². The van der Waals surface area contributed by atoms with Crippen molar-refractivity contribution in [2.45, 2.75) is 148 Å². The normalized spacial score (nSPS) is 14.2. The van der Waals surface area contributed by atoms with Gasteiger partial charge in [-0.1, -0.05) is 132 Å². The van der Waals surface area contributed by atoms with E-state index in [1.165, 1.54) is 38.5 Å². The summed E-state index contributed by atoms with van der Waals surface area (Å²) in [5.74, 6) is -0.945. The van der Waals surface area contributed by atoms with E-state index in [1.807, 2.05) is 12.2 Å². The zero-order valence-electron chi connectivity index (χ0n) is 31.8. The number of esters is 2. The highest BCUT2D eigenvalue weighted by Gasteiger charge is 2.25. The van der Waals surface area contributed by atoms with E-state index in [1.54, 1.807) is 0 Å². The Hall–Kier alpha value is -2.55. The Kier molecular flexibility index (Phi) is 35.4. The highest BCUT2D eigenvalue weighted by Crippen LogP contribution is 2.43. The first-order valence-corrected chi connectivity index (χ1v) is 20.9. The molecule has 0 aliphatic carbocycles. The summed E-state index contributed by atoms with van der Waals surface area (Å²) in [5.41, 5.74) is 5.32. The van der Waals surface area contributed by atoms with Gasteiger partial charge in [-0.05, 0) is 70.6 Å². The van der Waals surface area contributed by atoms with Crippen molar-refractivity contribution in [3.63, 3.8) is 0 Å². The van der Waals surface area contributed by atoms with E-state index in [-0.39, 0.29) is 32.6 Å². The molecule has 2 atom stereocenters. The molecule has 0 aromatic heterocycles. The molecule has 10 heteroatoms. The number of hydrogen-bond acceptors (Lipinski definition) is 8. The van der Waals surface area contributed by atoms with E-state index in [0.717, 1.165) is 64.2 Å². The monoisotopic (exact) mass is 735 g/mol. The molecule has 51 heavy (non-hydrogen) atoms. The second kappa shape index (κ2) is 37.2. The quantitative estimate of drug-likeness (QED) is 0.0282. The van der Waals surface area contributed by atoms with Crippen LogP contribution in [0.3, 0.4) is 0 Å². The summed E-state index contributed by atoms with van der Waals surface area (Å²) in [7, 11) is -4.39. The predicted octanol–water partition coefficient (Wildman–Crippen LogP) is 10.7. The fourth-order valence-corrected chi connectivity index (χ4v) is 5.42. The summed E-state index contributed by atoms with van der Waals surface area (Å²) in [5, 5.41) is 0. The lowest BCUT2D eigenvalue weighted by Gasteiger charge is -2.19. The van der Waals surface area contributed by atoms with Crippen molar-refractivity contribution >= 4 is 19.8 Å². The van der Waals surface area contributed by atoms with Gasteiger partial charge >= 0.3 is 19.8 Å². The zero-order valence-corrected chi connectivity index (χ0v) is 32.7. The van der Waals surface area contributed by atoms with Crippen molar-refractivity contribution in [2.24, 2.45) is 5.73 Å². The first kappa shape index (κ1) is 48.5. The second-order valence-corrected chi connectivity index (χ2v) is 13.9. The average Bonchev–Trinajstić information content (AvgIpc) is 3.11. The maximum Gasteiger partial charge on any atom is 0.472 e. The summed E-state index contributed by atoms with van der Waals surface area (Å²) in [6.45, 7) is 3.53. The summed E-state index contributed by atoms with van der Waals surface area (Å²) in [6.07, 6.45) is 43.8. The van der Waals surface area contributed by atoms with Crippen LogP contribution in [0.5, 0.6) is 0 Å². The third-order valence-corrected chi connectivity index (χ3v) is 8.56. The van der Waals surface area contributed by atoms with Gasteiger partial charge in [-0.15, -0.1) is 0 Å². The van der Waals surface area contributed by atoms with Crippen molar-refractivity contribution in [3.05, 3.63) is 72.9 Å². The van der Waals surface area contributed by atoms with Crippen molar-refractivity contribution in [1.82, 2.24) is 0 Å². The number of rotatable bonds is 35. The predicted molar refractivity (Wildman–Crippen MR) is 210 cm³/mol. The Balaban J connectivity index is 4.35. The Morgan fingerprint density at radius 2 is 1.08 bits per heavy atom. The number of phosphoric acid groups is 1. The summed E-state index contributed by atoms with van der Waals surface area (Å²) >= 11 is 0. The molecule has 3 N–H and O–H groups in total. The minimum Gasteiger partial charge on any atom is -0.462 e. The van der Waals surface area contributed by atoms with Crippen molar-refractivity contribution in [2.75, 3.05) is 26.4 Å². The van der Waals surface area contributed by atoms with Gasteiger partial charge in [0.05, 0.1) is 13.2 Å². The first-order valence-electron chi connectivity index (χ1n) is 19.4. The number of carbonyl (C=O) groups excluding carboxylic acids is 2. The molecule has 0 saturated heterocycles. The van der Waals surface area contributed by atoms with Crippen LogP contribution < -0.4 is 5.73 Å². The van der Waals surface area contributed by atoms with Crippen LogP contribution in [0.25, 0.3) is 0 Å². The lowest BCUT2D eigenvalue weighted by atomic mass is 10.1. The summed E-state index contributed by atoms with van der Waals surface area (Å²) < 4.78 is 32.5. The molecule has 292 valence electrons. The molecular formula is C41H70NO8P. The summed E-state index contributed by atoms with van der Waals surface area (Å²) in [6, 6.07) is 0. The highest BCUT2D eigenvalue weighted by molar-refractivity contribution is 7.47. The van der Waals surface area contributed by atoms with Gasteiger partial charge in [0.15, 0.2) is 6.10 Å². The highest BCUT2D eigenvalue weighted by atomic mass is 31.2. The molecule has 0 fully saturated rings. The molecular weight excluding hydrogens is 665 g/mol. The fourth-order valence-electron chi connectivity index (χ4n) is 4.65. The molecule has 0 aliphatic heterocycles. The van der Waals surface area contributed by atoms with Crippen molar-refractivity contribution < 1.29 is 37.6 Å². The van der Waals surface area contributed by atoms with Crippen LogP contribution in [0.1, 0.15) is 142 Å². The summed E-state index contributed by atoms with van der Waals surface area (Å²) in [4.78, 5) is 34.6. The molecule has 0 rings (SSSR count). The molecule has 0 radical (unpaired) electrons. The van der Waals surface area contributed by atoms with Gasteiger partial charge in [-0.25, -0.2) is 4.57 Å². The lowest BCUT2D eigenvalue weighted by Crippen LogP contribution is -2.29. The number of nitrogens with two attached hydrogens (primary N) is 1. The molecule has 0 aromatic carbocycles. The number of allylic oxidation sites excluding steroid dienone is 12. The van der Waals surface area contributed by atoms with E-state index < -0.39 is 32.5 Å². The topological polar surface area (TPSA) is 134 Å². The third-order valence-electron chi connectivity index (χ3n) is 7.58. The minimum atomic E-state index is -4.39. The van der Waals surface area contributed by atoms with Crippen LogP contribution in [-0.4, -0.2) is 49.3 Å². The lowest BCUT2D eigenvalue weighted by molar-refractivity contribution is -0.161. The Bertz CT molecular complexity index is 1070. The maximum atomic E-state index is 12.5. The first-order chi connectivity index (χ1) is 24.8. The van der Waals surface area contributed by atoms with Gasteiger partial charge in [0.2, 0.25) is 0 Å². The Morgan fingerprint density at radius 1 is 0.588 bits per heavy atom. The van der Waals surface area contributed by atoms with Crippen molar-refractivity contribution in [1.29, 1.82) is 0 Å². The molecule has 0 saturated carbocycles. The van der Waals surface area contributed by atoms with Gasteiger partial charge in [-0.2, -0.15) is 0 Å². The number of ether oxygens (including phenoxy) is 2. The van der Waals surface area contributed by atoms with E-state index in [4.69, 9.17) is 24.3 Å². The van der Waals surface area contributed by atoms with Crippen LogP contribution in [-0.2, 0) is 32.7 Å². The van der Waals surface area contributed by atoms with Gasteiger partial charge < -0.3 is 20.1 Å². The van der Waals surface area contributed by atoms with E-state index >= 15 is 0 Å². The van der Waals surface area contributed by atoms with E-state index in [2.05, 4.69) is 74.6 Å². The number of unbranched alkanes of at least 4 members (excludes halogenated alkanes) is 10. The largest absolute Gasteiger partial charge is 0.472 e. The average molecular weight is 736 g/mol. The maximum absolute atomic E-state index is 12.5. The van der Waals surface area contributed by atoms with Crippen LogP contribution in [0, 0.1) is 0 Å². The molecule has 0 amide bonds. The van der Waals surface area contributed by atoms with Gasteiger partial charge in [0.1, 0.15) is 6.61 Å². The SMILES string of the molecule is CCCCC=CCCCCCCCC(=O)O[C@H](COC(=O)CCC=CCC=CCC=CCC=CCC=CCCCCC)COP(=O)(O)OCCN. The molecule has 9 nitrogen and oxygen atoms in total. The third kappa shape index (κ3) is 37.0. The van der Waals surface area contributed by atoms with Crippen molar-refractivity contribution in [3.8, 4) is 0 Å². The molecule has 0 aliphatic rings. The number of hydrogen-bond donors (Lipinski definition) is 2. The minimum absolute atomic E-state index is 0.0393. The van der Waals surface area contributed by atoms with E-state index in [0.29, 0.717) is 12.8 Å². The molecule has 0 aromatic rings.